The van der Waals surface area contributed by atoms with Crippen LogP contribution >= 0.6 is 0 Å². The van der Waals surface area contributed by atoms with Crippen LogP contribution < -0.4 is 10.2 Å². The Morgan fingerprint density at radius 3 is 2.45 bits per heavy atom. The van der Waals surface area contributed by atoms with Gasteiger partial charge in [0.1, 0.15) is 11.4 Å². The number of aryl methyl sites for hydroxylation is 2. The minimum absolute atomic E-state index is 0.114. The molecule has 0 bridgehead atoms. The summed E-state index contributed by atoms with van der Waals surface area (Å²) in [6.07, 6.45) is 4.46. The third-order valence-corrected chi connectivity index (χ3v) is 5.18. The predicted molar refractivity (Wildman–Crippen MR) is 131 cm³/mol. The SMILES string of the molecule is CCc1ccc(OCC(=O)NN=Cc2cn(-c3ccccc3)nc2-c2ccc(C)cc2)cc1. The molecule has 1 amide bonds. The number of para-hydroxylation sites is 1. The third-order valence-electron chi connectivity index (χ3n) is 5.18. The van der Waals surface area contributed by atoms with Gasteiger partial charge in [-0.25, -0.2) is 10.1 Å². The van der Waals surface area contributed by atoms with E-state index in [4.69, 9.17) is 9.84 Å². The van der Waals surface area contributed by atoms with E-state index >= 15 is 0 Å². The summed E-state index contributed by atoms with van der Waals surface area (Å²) in [5.74, 6) is 0.315. The summed E-state index contributed by atoms with van der Waals surface area (Å²) in [5, 5.41) is 8.89. The van der Waals surface area contributed by atoms with Crippen molar-refractivity contribution in [1.82, 2.24) is 15.2 Å². The Kier molecular flexibility index (Phi) is 6.95. The van der Waals surface area contributed by atoms with Gasteiger partial charge in [-0.2, -0.15) is 10.2 Å². The second kappa shape index (κ2) is 10.4. The standard InChI is InChI=1S/C27H26N4O2/c1-3-21-11-15-25(16-12-21)33-19-26(32)29-28-17-23-18-31(24-7-5-4-6-8-24)30-27(23)22-13-9-20(2)10-14-22/h4-18H,3,19H2,1-2H3,(H,29,32). The molecule has 0 saturated carbocycles. The maximum absolute atomic E-state index is 12.2. The quantitative estimate of drug-likeness (QED) is 0.313. The van der Waals surface area contributed by atoms with Crippen LogP contribution in [0.4, 0.5) is 0 Å². The Balaban J connectivity index is 1.46. The minimum Gasteiger partial charge on any atom is -0.484 e. The number of amides is 1. The molecule has 6 nitrogen and oxygen atoms in total. The third kappa shape index (κ3) is 5.74. The van der Waals surface area contributed by atoms with Gasteiger partial charge in [-0.05, 0) is 43.2 Å². The van der Waals surface area contributed by atoms with Crippen molar-refractivity contribution in [3.8, 4) is 22.7 Å². The highest BCUT2D eigenvalue weighted by molar-refractivity contribution is 5.89. The molecule has 0 atom stereocenters. The van der Waals surface area contributed by atoms with Gasteiger partial charge in [-0.1, -0.05) is 67.1 Å². The Hall–Kier alpha value is -4.19. The molecule has 0 fully saturated rings. The van der Waals surface area contributed by atoms with E-state index in [9.17, 15) is 4.79 Å². The molecule has 0 aliphatic carbocycles. The van der Waals surface area contributed by atoms with Crippen LogP contribution in [0.5, 0.6) is 5.75 Å². The first kappa shape index (κ1) is 22.0. The number of nitrogens with one attached hydrogen (secondary N) is 1. The first-order valence-corrected chi connectivity index (χ1v) is 10.9. The summed E-state index contributed by atoms with van der Waals surface area (Å²) in [6, 6.07) is 25.7. The largest absolute Gasteiger partial charge is 0.484 e. The van der Waals surface area contributed by atoms with Crippen molar-refractivity contribution in [2.24, 2.45) is 5.10 Å². The number of nitrogens with zero attached hydrogens (tertiary/aromatic N) is 3. The molecule has 3 aromatic carbocycles. The topological polar surface area (TPSA) is 68.5 Å². The van der Waals surface area contributed by atoms with Gasteiger partial charge in [0.15, 0.2) is 6.61 Å². The van der Waals surface area contributed by atoms with Crippen LogP contribution in [0.2, 0.25) is 0 Å². The molecule has 1 aromatic heterocycles. The zero-order valence-corrected chi connectivity index (χ0v) is 18.7. The number of carbonyl (C=O) groups excluding carboxylic acids is 1. The number of ether oxygens (including phenoxy) is 1. The van der Waals surface area contributed by atoms with Crippen LogP contribution in [0.25, 0.3) is 16.9 Å². The van der Waals surface area contributed by atoms with E-state index in [0.29, 0.717) is 5.75 Å². The lowest BCUT2D eigenvalue weighted by Crippen LogP contribution is -2.24. The van der Waals surface area contributed by atoms with Gasteiger partial charge in [0.25, 0.3) is 5.91 Å². The van der Waals surface area contributed by atoms with Crippen LogP contribution in [0, 0.1) is 6.92 Å². The highest BCUT2D eigenvalue weighted by Gasteiger charge is 2.11. The summed E-state index contributed by atoms with van der Waals surface area (Å²) in [5.41, 5.74) is 8.41. The van der Waals surface area contributed by atoms with Crippen molar-refractivity contribution < 1.29 is 9.53 Å². The molecule has 1 heterocycles. The van der Waals surface area contributed by atoms with Crippen LogP contribution in [0.15, 0.2) is 90.2 Å². The van der Waals surface area contributed by atoms with E-state index in [-0.39, 0.29) is 12.5 Å². The Labute approximate surface area is 193 Å². The monoisotopic (exact) mass is 438 g/mol. The molecule has 0 aliphatic rings. The van der Waals surface area contributed by atoms with Gasteiger partial charge in [-0.3, -0.25) is 4.79 Å². The van der Waals surface area contributed by atoms with Crippen molar-refractivity contribution in [1.29, 1.82) is 0 Å². The molecule has 0 unspecified atom stereocenters. The second-order valence-corrected chi connectivity index (χ2v) is 7.66. The number of aromatic nitrogens is 2. The summed E-state index contributed by atoms with van der Waals surface area (Å²) in [7, 11) is 0. The van der Waals surface area contributed by atoms with Gasteiger partial charge < -0.3 is 4.74 Å². The summed E-state index contributed by atoms with van der Waals surface area (Å²) in [4.78, 5) is 12.2. The van der Waals surface area contributed by atoms with Crippen molar-refractivity contribution in [2.75, 3.05) is 6.61 Å². The first-order valence-electron chi connectivity index (χ1n) is 10.9. The number of hydrazone groups is 1. The van der Waals surface area contributed by atoms with Gasteiger partial charge in [0.2, 0.25) is 0 Å². The molecule has 0 spiro atoms. The molecule has 33 heavy (non-hydrogen) atoms. The highest BCUT2D eigenvalue weighted by Crippen LogP contribution is 2.23. The molecule has 0 aliphatic heterocycles. The molecular weight excluding hydrogens is 412 g/mol. The van der Waals surface area contributed by atoms with Gasteiger partial charge in [0, 0.05) is 17.3 Å². The van der Waals surface area contributed by atoms with E-state index in [2.05, 4.69) is 17.5 Å². The second-order valence-electron chi connectivity index (χ2n) is 7.66. The summed E-state index contributed by atoms with van der Waals surface area (Å²) in [6.45, 7) is 4.02. The first-order chi connectivity index (χ1) is 16.1. The van der Waals surface area contributed by atoms with Crippen LogP contribution in [0.3, 0.4) is 0 Å². The molecule has 4 rings (SSSR count). The normalized spacial score (nSPS) is 11.0. The van der Waals surface area contributed by atoms with Crippen LogP contribution in [-0.2, 0) is 11.2 Å². The number of carbonyl (C=O) groups is 1. The zero-order chi connectivity index (χ0) is 23.0. The van der Waals surface area contributed by atoms with Gasteiger partial charge in [0.05, 0.1) is 11.9 Å². The van der Waals surface area contributed by atoms with Crippen molar-refractivity contribution in [2.45, 2.75) is 20.3 Å². The van der Waals surface area contributed by atoms with Crippen molar-refractivity contribution in [3.63, 3.8) is 0 Å². The molecular formula is C27H26N4O2. The lowest BCUT2D eigenvalue weighted by Gasteiger charge is -2.05. The van der Waals surface area contributed by atoms with E-state index in [1.807, 2.05) is 92.0 Å². The van der Waals surface area contributed by atoms with Crippen molar-refractivity contribution >= 4 is 12.1 Å². The summed E-state index contributed by atoms with van der Waals surface area (Å²) >= 11 is 0. The molecule has 1 N–H and O–H groups in total. The van der Waals surface area contributed by atoms with Crippen LogP contribution in [0.1, 0.15) is 23.6 Å². The van der Waals surface area contributed by atoms with Gasteiger partial charge >= 0.3 is 0 Å². The molecule has 0 saturated heterocycles. The van der Waals surface area contributed by atoms with Crippen molar-refractivity contribution in [3.05, 3.63) is 102 Å². The lowest BCUT2D eigenvalue weighted by molar-refractivity contribution is -0.123. The van der Waals surface area contributed by atoms with E-state index in [1.165, 1.54) is 11.1 Å². The molecule has 6 heteroatoms. The number of hydrogen-bond acceptors (Lipinski definition) is 4. The fourth-order valence-corrected chi connectivity index (χ4v) is 3.31. The molecule has 4 aromatic rings. The maximum Gasteiger partial charge on any atom is 0.277 e. The average molecular weight is 439 g/mol. The number of hydrogen-bond donors (Lipinski definition) is 1. The Morgan fingerprint density at radius 1 is 1.03 bits per heavy atom. The van der Waals surface area contributed by atoms with E-state index < -0.39 is 0 Å². The highest BCUT2D eigenvalue weighted by atomic mass is 16.5. The Bertz CT molecular complexity index is 1230. The fourth-order valence-electron chi connectivity index (χ4n) is 3.31. The molecule has 0 radical (unpaired) electrons. The van der Waals surface area contributed by atoms with E-state index in [0.717, 1.165) is 28.9 Å². The maximum atomic E-state index is 12.2. The smallest absolute Gasteiger partial charge is 0.277 e. The number of benzene rings is 3. The minimum atomic E-state index is -0.335. The average Bonchev–Trinajstić information content (AvgIpc) is 3.28. The van der Waals surface area contributed by atoms with Gasteiger partial charge in [-0.15, -0.1) is 0 Å². The molecule has 166 valence electrons. The van der Waals surface area contributed by atoms with Crippen LogP contribution in [-0.4, -0.2) is 28.5 Å². The zero-order valence-electron chi connectivity index (χ0n) is 18.7. The number of rotatable bonds is 8. The van der Waals surface area contributed by atoms with E-state index in [1.54, 1.807) is 10.9 Å². The predicted octanol–water partition coefficient (Wildman–Crippen LogP) is 4.94. The fraction of sp³-hybridized carbons (Fsp3) is 0.148. The lowest BCUT2D eigenvalue weighted by atomic mass is 10.1. The Morgan fingerprint density at radius 2 is 1.76 bits per heavy atom. The summed E-state index contributed by atoms with van der Waals surface area (Å²) < 4.78 is 7.34.